The van der Waals surface area contributed by atoms with Crippen LogP contribution < -0.4 is 5.32 Å². The van der Waals surface area contributed by atoms with E-state index in [0.717, 1.165) is 17.7 Å². The first-order valence-corrected chi connectivity index (χ1v) is 7.22. The SMILES string of the molecule is CCCc1ccc([C@@]2(C)NC(=O)N(CC(=O)OC)C2=O)cc1. The van der Waals surface area contributed by atoms with Gasteiger partial charge in [-0.25, -0.2) is 4.79 Å². The average Bonchev–Trinajstić information content (AvgIpc) is 2.72. The largest absolute Gasteiger partial charge is 0.468 e. The van der Waals surface area contributed by atoms with Gasteiger partial charge in [-0.15, -0.1) is 0 Å². The maximum Gasteiger partial charge on any atom is 0.325 e. The fourth-order valence-electron chi connectivity index (χ4n) is 2.52. The Hall–Kier alpha value is -2.37. The van der Waals surface area contributed by atoms with Crippen LogP contribution in [-0.2, 0) is 26.3 Å². The van der Waals surface area contributed by atoms with Crippen LogP contribution in [0.3, 0.4) is 0 Å². The number of esters is 1. The maximum absolute atomic E-state index is 12.5. The van der Waals surface area contributed by atoms with Gasteiger partial charge in [-0.05, 0) is 24.5 Å². The first-order valence-electron chi connectivity index (χ1n) is 7.22. The van der Waals surface area contributed by atoms with Gasteiger partial charge in [0.25, 0.3) is 5.91 Å². The summed E-state index contributed by atoms with van der Waals surface area (Å²) in [5, 5.41) is 2.66. The molecular formula is C16H20N2O4. The van der Waals surface area contributed by atoms with E-state index in [4.69, 9.17) is 0 Å². The quantitative estimate of drug-likeness (QED) is 0.662. The number of aryl methyl sites for hydroxylation is 1. The number of hydrogen-bond acceptors (Lipinski definition) is 4. The van der Waals surface area contributed by atoms with E-state index < -0.39 is 23.4 Å². The topological polar surface area (TPSA) is 75.7 Å². The zero-order valence-corrected chi connectivity index (χ0v) is 13.0. The Morgan fingerprint density at radius 3 is 2.45 bits per heavy atom. The van der Waals surface area contributed by atoms with Crippen LogP contribution in [0.25, 0.3) is 0 Å². The Morgan fingerprint density at radius 1 is 1.27 bits per heavy atom. The third-order valence-electron chi connectivity index (χ3n) is 3.86. The van der Waals surface area contributed by atoms with Crippen molar-refractivity contribution in [3.8, 4) is 0 Å². The van der Waals surface area contributed by atoms with Gasteiger partial charge in [-0.1, -0.05) is 37.6 Å². The van der Waals surface area contributed by atoms with Gasteiger partial charge in [0.1, 0.15) is 12.1 Å². The third-order valence-corrected chi connectivity index (χ3v) is 3.86. The van der Waals surface area contributed by atoms with Crippen molar-refractivity contribution >= 4 is 17.9 Å². The predicted molar refractivity (Wildman–Crippen MR) is 80.0 cm³/mol. The van der Waals surface area contributed by atoms with E-state index in [1.54, 1.807) is 6.92 Å². The molecule has 1 aromatic carbocycles. The number of nitrogens with zero attached hydrogens (tertiary/aromatic N) is 1. The van der Waals surface area contributed by atoms with E-state index in [-0.39, 0.29) is 6.54 Å². The van der Waals surface area contributed by atoms with Crippen LogP contribution in [0.4, 0.5) is 4.79 Å². The molecule has 1 atom stereocenters. The molecule has 1 saturated heterocycles. The van der Waals surface area contributed by atoms with Gasteiger partial charge >= 0.3 is 12.0 Å². The summed E-state index contributed by atoms with van der Waals surface area (Å²) in [7, 11) is 1.21. The smallest absolute Gasteiger partial charge is 0.325 e. The van der Waals surface area contributed by atoms with Gasteiger partial charge in [-0.3, -0.25) is 14.5 Å². The van der Waals surface area contributed by atoms with Gasteiger partial charge < -0.3 is 10.1 Å². The predicted octanol–water partition coefficient (Wildman–Crippen LogP) is 1.58. The molecule has 0 saturated carbocycles. The zero-order valence-electron chi connectivity index (χ0n) is 13.0. The monoisotopic (exact) mass is 304 g/mol. The number of carbonyl (C=O) groups excluding carboxylic acids is 3. The lowest BCUT2D eigenvalue weighted by Gasteiger charge is -2.22. The Bertz CT molecular complexity index is 597. The molecule has 0 unspecified atom stereocenters. The first-order chi connectivity index (χ1) is 10.4. The molecule has 1 fully saturated rings. The summed E-state index contributed by atoms with van der Waals surface area (Å²) in [4.78, 5) is 36.7. The molecule has 6 nitrogen and oxygen atoms in total. The molecule has 0 radical (unpaired) electrons. The highest BCUT2D eigenvalue weighted by Gasteiger charge is 2.49. The van der Waals surface area contributed by atoms with Crippen molar-refractivity contribution in [3.05, 3.63) is 35.4 Å². The summed E-state index contributed by atoms with van der Waals surface area (Å²) in [6, 6.07) is 6.99. The molecule has 1 aromatic rings. The molecule has 1 aliphatic heterocycles. The second-order valence-corrected chi connectivity index (χ2v) is 5.47. The summed E-state index contributed by atoms with van der Waals surface area (Å²) in [5.74, 6) is -1.09. The van der Waals surface area contributed by atoms with Gasteiger partial charge in [-0.2, -0.15) is 0 Å². The summed E-state index contributed by atoms with van der Waals surface area (Å²) in [6.07, 6.45) is 2.00. The molecule has 1 N–H and O–H groups in total. The average molecular weight is 304 g/mol. The Morgan fingerprint density at radius 2 is 1.91 bits per heavy atom. The summed E-state index contributed by atoms with van der Waals surface area (Å²) < 4.78 is 4.51. The number of methoxy groups -OCH3 is 1. The van der Waals surface area contributed by atoms with Crippen LogP contribution in [-0.4, -0.2) is 36.5 Å². The van der Waals surface area contributed by atoms with Crippen LogP contribution in [0, 0.1) is 0 Å². The Labute approximate surface area is 129 Å². The number of amides is 3. The standard InChI is InChI=1S/C16H20N2O4/c1-4-5-11-6-8-12(9-7-11)16(2)14(20)18(15(21)17-16)10-13(19)22-3/h6-9H,4-5,10H2,1-3H3,(H,17,21)/t16-/m1/s1. The van der Waals surface area contributed by atoms with E-state index in [2.05, 4.69) is 17.0 Å². The lowest BCUT2D eigenvalue weighted by Crippen LogP contribution is -2.41. The summed E-state index contributed by atoms with van der Waals surface area (Å²) in [6.45, 7) is 3.35. The normalized spacial score (nSPS) is 21.0. The van der Waals surface area contributed by atoms with Crippen LogP contribution in [0.15, 0.2) is 24.3 Å². The molecule has 1 aliphatic rings. The number of benzene rings is 1. The van der Waals surface area contributed by atoms with E-state index >= 15 is 0 Å². The lowest BCUT2D eigenvalue weighted by molar-refractivity contribution is -0.145. The highest BCUT2D eigenvalue weighted by atomic mass is 16.5. The van der Waals surface area contributed by atoms with Crippen molar-refractivity contribution < 1.29 is 19.1 Å². The lowest BCUT2D eigenvalue weighted by atomic mass is 9.91. The molecule has 0 spiro atoms. The summed E-state index contributed by atoms with van der Waals surface area (Å²) >= 11 is 0. The van der Waals surface area contributed by atoms with E-state index in [0.29, 0.717) is 5.56 Å². The highest BCUT2D eigenvalue weighted by molar-refractivity contribution is 6.08. The Kier molecular flexibility index (Phi) is 4.49. The van der Waals surface area contributed by atoms with Crippen molar-refractivity contribution in [2.45, 2.75) is 32.2 Å². The van der Waals surface area contributed by atoms with Gasteiger partial charge in [0.2, 0.25) is 0 Å². The van der Waals surface area contributed by atoms with Crippen LogP contribution in [0.2, 0.25) is 0 Å². The molecule has 0 aromatic heterocycles. The molecule has 118 valence electrons. The maximum atomic E-state index is 12.5. The minimum absolute atomic E-state index is 0.384. The number of ether oxygens (including phenoxy) is 1. The molecule has 2 rings (SSSR count). The zero-order chi connectivity index (χ0) is 16.3. The second kappa shape index (κ2) is 6.17. The van der Waals surface area contributed by atoms with E-state index in [1.165, 1.54) is 12.7 Å². The molecule has 22 heavy (non-hydrogen) atoms. The molecule has 1 heterocycles. The van der Waals surface area contributed by atoms with E-state index in [1.807, 2.05) is 24.3 Å². The highest BCUT2D eigenvalue weighted by Crippen LogP contribution is 2.29. The van der Waals surface area contributed by atoms with Crippen molar-refractivity contribution in [2.24, 2.45) is 0 Å². The van der Waals surface area contributed by atoms with Gasteiger partial charge in [0, 0.05) is 0 Å². The fourth-order valence-corrected chi connectivity index (χ4v) is 2.52. The minimum Gasteiger partial charge on any atom is -0.468 e. The van der Waals surface area contributed by atoms with Gasteiger partial charge in [0.05, 0.1) is 7.11 Å². The summed E-state index contributed by atoms with van der Waals surface area (Å²) in [5.41, 5.74) is 0.715. The number of urea groups is 1. The molecule has 0 bridgehead atoms. The van der Waals surface area contributed by atoms with Crippen molar-refractivity contribution in [1.82, 2.24) is 10.2 Å². The number of rotatable bonds is 5. The fraction of sp³-hybridized carbons (Fsp3) is 0.438. The third kappa shape index (κ3) is 2.81. The van der Waals surface area contributed by atoms with Crippen molar-refractivity contribution in [2.75, 3.05) is 13.7 Å². The van der Waals surface area contributed by atoms with Crippen molar-refractivity contribution in [1.29, 1.82) is 0 Å². The Balaban J connectivity index is 2.24. The van der Waals surface area contributed by atoms with Crippen LogP contribution in [0.5, 0.6) is 0 Å². The van der Waals surface area contributed by atoms with E-state index in [9.17, 15) is 14.4 Å². The van der Waals surface area contributed by atoms with Crippen molar-refractivity contribution in [3.63, 3.8) is 0 Å². The van der Waals surface area contributed by atoms with Crippen LogP contribution in [0.1, 0.15) is 31.4 Å². The second-order valence-electron chi connectivity index (χ2n) is 5.47. The number of hydrogen-bond donors (Lipinski definition) is 1. The number of imide groups is 1. The molecule has 6 heteroatoms. The number of carbonyl (C=O) groups is 3. The van der Waals surface area contributed by atoms with Crippen LogP contribution >= 0.6 is 0 Å². The molecular weight excluding hydrogens is 284 g/mol. The molecule has 0 aliphatic carbocycles. The first kappa shape index (κ1) is 16.0. The molecule has 3 amide bonds. The minimum atomic E-state index is -1.16. The number of nitrogens with one attached hydrogen (secondary N) is 1. The van der Waals surface area contributed by atoms with Gasteiger partial charge in [0.15, 0.2) is 0 Å².